The molecular weight excluding hydrogens is 781 g/mol. The SMILES string of the molecule is c1ccc(-c2ccc(-c3nc(-c4ccc5ccccc5c4)nc(-c4cccc5oc6c(-n7c8ccccc8c8cc(-c9ccccc9)c9ccccc9c87)cccc6c45)n3)cc2)cc1. The zero-order valence-corrected chi connectivity index (χ0v) is 34.5. The molecule has 5 heteroatoms. The van der Waals surface area contributed by atoms with Gasteiger partial charge in [0, 0.05) is 43.6 Å². The van der Waals surface area contributed by atoms with Crippen LogP contribution in [0.2, 0.25) is 0 Å². The summed E-state index contributed by atoms with van der Waals surface area (Å²) in [6.45, 7) is 0. The van der Waals surface area contributed by atoms with Crippen LogP contribution in [-0.2, 0) is 0 Å². The lowest BCUT2D eigenvalue weighted by Gasteiger charge is -2.13. The van der Waals surface area contributed by atoms with Gasteiger partial charge in [0.05, 0.1) is 16.7 Å². The summed E-state index contributed by atoms with van der Waals surface area (Å²) in [5.74, 6) is 1.79. The minimum absolute atomic E-state index is 0.579. The average molecular weight is 817 g/mol. The molecule has 0 N–H and O–H groups in total. The fraction of sp³-hybridized carbons (Fsp3) is 0. The Morgan fingerprint density at radius 3 is 1.75 bits per heavy atom. The third-order valence-electron chi connectivity index (χ3n) is 12.6. The van der Waals surface area contributed by atoms with E-state index in [1.54, 1.807) is 0 Å². The van der Waals surface area contributed by atoms with Gasteiger partial charge in [-0.3, -0.25) is 0 Å². The third-order valence-corrected chi connectivity index (χ3v) is 12.6. The molecule has 10 aromatic carbocycles. The molecule has 64 heavy (non-hydrogen) atoms. The van der Waals surface area contributed by atoms with Crippen molar-refractivity contribution in [1.82, 2.24) is 19.5 Å². The predicted molar refractivity (Wildman–Crippen MR) is 264 cm³/mol. The van der Waals surface area contributed by atoms with Gasteiger partial charge >= 0.3 is 0 Å². The van der Waals surface area contributed by atoms with E-state index in [4.69, 9.17) is 19.4 Å². The van der Waals surface area contributed by atoms with Crippen LogP contribution in [-0.4, -0.2) is 19.5 Å². The van der Waals surface area contributed by atoms with E-state index in [2.05, 4.69) is 205 Å². The normalized spacial score (nSPS) is 11.8. The van der Waals surface area contributed by atoms with E-state index in [0.29, 0.717) is 17.5 Å². The van der Waals surface area contributed by atoms with E-state index in [1.165, 1.54) is 32.7 Å². The highest BCUT2D eigenvalue weighted by Crippen LogP contribution is 2.44. The van der Waals surface area contributed by atoms with Gasteiger partial charge in [-0.15, -0.1) is 0 Å². The number of aromatic nitrogens is 4. The van der Waals surface area contributed by atoms with Crippen molar-refractivity contribution < 1.29 is 4.42 Å². The quantitative estimate of drug-likeness (QED) is 0.168. The highest BCUT2D eigenvalue weighted by molar-refractivity contribution is 6.23. The van der Waals surface area contributed by atoms with Gasteiger partial charge in [-0.05, 0) is 68.7 Å². The van der Waals surface area contributed by atoms with E-state index in [1.807, 2.05) is 18.2 Å². The Bertz CT molecular complexity index is 3940. The smallest absolute Gasteiger partial charge is 0.164 e. The number of nitrogens with zero attached hydrogens (tertiary/aromatic N) is 4. The largest absolute Gasteiger partial charge is 0.454 e. The second-order valence-corrected chi connectivity index (χ2v) is 16.3. The molecule has 0 radical (unpaired) electrons. The van der Waals surface area contributed by atoms with Crippen LogP contribution < -0.4 is 0 Å². The molecule has 13 aromatic rings. The molecule has 5 nitrogen and oxygen atoms in total. The highest BCUT2D eigenvalue weighted by atomic mass is 16.3. The third kappa shape index (κ3) is 5.75. The van der Waals surface area contributed by atoms with E-state index in [0.717, 1.165) is 77.2 Å². The molecule has 0 amide bonds. The maximum absolute atomic E-state index is 7.01. The maximum Gasteiger partial charge on any atom is 0.164 e. The fourth-order valence-electron chi connectivity index (χ4n) is 9.65. The van der Waals surface area contributed by atoms with Crippen molar-refractivity contribution in [2.24, 2.45) is 0 Å². The van der Waals surface area contributed by atoms with Gasteiger partial charge in [0.25, 0.3) is 0 Å². The van der Waals surface area contributed by atoms with Gasteiger partial charge in [-0.1, -0.05) is 188 Å². The van der Waals surface area contributed by atoms with Crippen molar-refractivity contribution >= 4 is 65.3 Å². The van der Waals surface area contributed by atoms with E-state index < -0.39 is 0 Å². The van der Waals surface area contributed by atoms with Crippen molar-refractivity contribution in [3.05, 3.63) is 218 Å². The lowest BCUT2D eigenvalue weighted by molar-refractivity contribution is 0.666. The van der Waals surface area contributed by atoms with Crippen LogP contribution in [0.1, 0.15) is 0 Å². The van der Waals surface area contributed by atoms with Crippen LogP contribution in [0.15, 0.2) is 223 Å². The van der Waals surface area contributed by atoms with Crippen molar-refractivity contribution in [3.8, 4) is 62.1 Å². The lowest BCUT2D eigenvalue weighted by Crippen LogP contribution is -2.00. The highest BCUT2D eigenvalue weighted by Gasteiger charge is 2.23. The zero-order chi connectivity index (χ0) is 42.1. The first-order valence-electron chi connectivity index (χ1n) is 21.6. The topological polar surface area (TPSA) is 56.7 Å². The number of fused-ring (bicyclic) bond motifs is 9. The number of benzene rings is 10. The summed E-state index contributed by atoms with van der Waals surface area (Å²) in [5.41, 5.74) is 12.2. The Kier molecular flexibility index (Phi) is 8.15. The average Bonchev–Trinajstić information content (AvgIpc) is 3.93. The molecule has 0 aliphatic carbocycles. The van der Waals surface area contributed by atoms with Crippen molar-refractivity contribution in [1.29, 1.82) is 0 Å². The van der Waals surface area contributed by atoms with E-state index in [9.17, 15) is 0 Å². The Hall–Kier alpha value is -8.67. The standard InChI is InChI=1S/C59H36N4O/c1-3-15-37(16-4-1)39-29-32-41(33-30-39)57-60-58(43-34-31-38-17-7-8-20-42(38)35-43)62-59(61-57)48-25-14-28-53-54(48)47-24-13-27-52(56(47)64-53)63-51-26-12-11-22-45(51)50-36-49(40-18-5-2-6-19-40)44-21-9-10-23-46(44)55(50)63/h1-36H. The summed E-state index contributed by atoms with van der Waals surface area (Å²) in [6.07, 6.45) is 0. The zero-order valence-electron chi connectivity index (χ0n) is 34.5. The van der Waals surface area contributed by atoms with Crippen molar-refractivity contribution in [2.45, 2.75) is 0 Å². The van der Waals surface area contributed by atoms with Crippen LogP contribution >= 0.6 is 0 Å². The molecule has 0 saturated carbocycles. The second-order valence-electron chi connectivity index (χ2n) is 16.3. The lowest BCUT2D eigenvalue weighted by atomic mass is 9.95. The minimum atomic E-state index is 0.579. The van der Waals surface area contributed by atoms with Gasteiger partial charge in [0.15, 0.2) is 23.1 Å². The van der Waals surface area contributed by atoms with Crippen LogP contribution in [0.3, 0.4) is 0 Å². The molecular formula is C59H36N4O. The molecule has 0 aliphatic rings. The Morgan fingerprint density at radius 1 is 0.344 bits per heavy atom. The van der Waals surface area contributed by atoms with Crippen molar-refractivity contribution in [2.75, 3.05) is 0 Å². The summed E-state index contributed by atoms with van der Waals surface area (Å²) < 4.78 is 9.41. The molecule has 0 bridgehead atoms. The minimum Gasteiger partial charge on any atom is -0.454 e. The molecule has 0 spiro atoms. The second kappa shape index (κ2) is 14.5. The maximum atomic E-state index is 7.01. The summed E-state index contributed by atoms with van der Waals surface area (Å²) in [5, 5.41) is 8.99. The first-order valence-corrected chi connectivity index (χ1v) is 21.6. The first kappa shape index (κ1) is 36.0. The molecule has 0 atom stereocenters. The summed E-state index contributed by atoms with van der Waals surface area (Å²) >= 11 is 0. The van der Waals surface area contributed by atoms with Crippen molar-refractivity contribution in [3.63, 3.8) is 0 Å². The molecule has 3 aromatic heterocycles. The van der Waals surface area contributed by atoms with Gasteiger partial charge in [0.1, 0.15) is 5.58 Å². The van der Waals surface area contributed by atoms with Crippen LogP contribution in [0.25, 0.3) is 127 Å². The van der Waals surface area contributed by atoms with Crippen LogP contribution in [0.5, 0.6) is 0 Å². The molecule has 0 saturated heterocycles. The molecule has 13 rings (SSSR count). The van der Waals surface area contributed by atoms with E-state index >= 15 is 0 Å². The fourth-order valence-corrected chi connectivity index (χ4v) is 9.65. The molecule has 0 fully saturated rings. The van der Waals surface area contributed by atoms with Gasteiger partial charge in [-0.25, -0.2) is 15.0 Å². The van der Waals surface area contributed by atoms with Crippen LogP contribution in [0, 0.1) is 0 Å². The van der Waals surface area contributed by atoms with Gasteiger partial charge in [-0.2, -0.15) is 0 Å². The number of hydrogen-bond acceptors (Lipinski definition) is 4. The monoisotopic (exact) mass is 816 g/mol. The van der Waals surface area contributed by atoms with E-state index in [-0.39, 0.29) is 0 Å². The number of furan rings is 1. The number of para-hydroxylation sites is 2. The summed E-state index contributed by atoms with van der Waals surface area (Å²) in [4.78, 5) is 15.7. The molecule has 0 unspecified atom stereocenters. The Morgan fingerprint density at radius 2 is 0.938 bits per heavy atom. The van der Waals surface area contributed by atoms with Gasteiger partial charge in [0.2, 0.25) is 0 Å². The van der Waals surface area contributed by atoms with Gasteiger partial charge < -0.3 is 8.98 Å². The number of rotatable bonds is 6. The molecule has 3 heterocycles. The number of hydrogen-bond donors (Lipinski definition) is 0. The Balaban J connectivity index is 1.04. The first-order chi connectivity index (χ1) is 31.7. The summed E-state index contributed by atoms with van der Waals surface area (Å²) in [7, 11) is 0. The molecule has 298 valence electrons. The predicted octanol–water partition coefficient (Wildman–Crippen LogP) is 15.5. The summed E-state index contributed by atoms with van der Waals surface area (Å²) in [6, 6.07) is 76.8. The molecule has 0 aliphatic heterocycles. The Labute approximate surface area is 368 Å². The van der Waals surface area contributed by atoms with Crippen LogP contribution in [0.4, 0.5) is 0 Å².